The van der Waals surface area contributed by atoms with Crippen molar-refractivity contribution in [2.75, 3.05) is 12.4 Å². The number of benzene rings is 1. The highest BCUT2D eigenvalue weighted by molar-refractivity contribution is 7.99. The standard InChI is InChI=1S/C16H14N6O2S/c1-2-24-13(23)9-25-16-20-19-15-12-8-18-22(11-6-4-3-5-7-11)14(12)17-10-21(15)16/h3-8,10H,2,9H2,1H3. The van der Waals surface area contributed by atoms with Crippen LogP contribution >= 0.6 is 11.8 Å². The maximum Gasteiger partial charge on any atom is 0.316 e. The predicted octanol–water partition coefficient (Wildman–Crippen LogP) is 2.12. The molecule has 0 radical (unpaired) electrons. The van der Waals surface area contributed by atoms with E-state index in [1.165, 1.54) is 11.8 Å². The minimum absolute atomic E-state index is 0.177. The van der Waals surface area contributed by atoms with Crippen molar-refractivity contribution in [2.24, 2.45) is 0 Å². The molecule has 25 heavy (non-hydrogen) atoms. The lowest BCUT2D eigenvalue weighted by Crippen LogP contribution is -2.07. The van der Waals surface area contributed by atoms with Crippen molar-refractivity contribution in [1.29, 1.82) is 0 Å². The Morgan fingerprint density at radius 1 is 1.20 bits per heavy atom. The van der Waals surface area contributed by atoms with Crippen molar-refractivity contribution in [3.63, 3.8) is 0 Å². The number of para-hydroxylation sites is 1. The predicted molar refractivity (Wildman–Crippen MR) is 92.8 cm³/mol. The van der Waals surface area contributed by atoms with Crippen molar-refractivity contribution >= 4 is 34.4 Å². The van der Waals surface area contributed by atoms with Crippen molar-refractivity contribution in [1.82, 2.24) is 29.4 Å². The molecule has 1 aromatic carbocycles. The van der Waals surface area contributed by atoms with Crippen LogP contribution in [0.4, 0.5) is 0 Å². The third kappa shape index (κ3) is 2.82. The molecule has 3 aromatic heterocycles. The topological polar surface area (TPSA) is 87.2 Å². The first kappa shape index (κ1) is 15.6. The highest BCUT2D eigenvalue weighted by Crippen LogP contribution is 2.23. The monoisotopic (exact) mass is 354 g/mol. The Balaban J connectivity index is 1.71. The van der Waals surface area contributed by atoms with Gasteiger partial charge in [-0.2, -0.15) is 5.10 Å². The SMILES string of the molecule is CCOC(=O)CSc1nnc2c3cnn(-c4ccccc4)c3ncn12. The summed E-state index contributed by atoms with van der Waals surface area (Å²) in [6.45, 7) is 2.14. The van der Waals surface area contributed by atoms with E-state index in [4.69, 9.17) is 4.74 Å². The summed E-state index contributed by atoms with van der Waals surface area (Å²) >= 11 is 1.26. The van der Waals surface area contributed by atoms with E-state index in [1.54, 1.807) is 28.5 Å². The average molecular weight is 354 g/mol. The van der Waals surface area contributed by atoms with Crippen LogP contribution in [0.25, 0.3) is 22.4 Å². The first-order valence-corrected chi connectivity index (χ1v) is 8.68. The number of fused-ring (bicyclic) bond motifs is 3. The fourth-order valence-corrected chi connectivity index (χ4v) is 3.19. The van der Waals surface area contributed by atoms with E-state index in [0.29, 0.717) is 23.1 Å². The van der Waals surface area contributed by atoms with Crippen LogP contribution in [0.2, 0.25) is 0 Å². The zero-order valence-electron chi connectivity index (χ0n) is 13.4. The third-order valence-corrected chi connectivity index (χ3v) is 4.49. The molecule has 0 atom stereocenters. The van der Waals surface area contributed by atoms with Gasteiger partial charge in [-0.3, -0.25) is 9.20 Å². The molecule has 4 rings (SSSR count). The van der Waals surface area contributed by atoms with Crippen LogP contribution in [0, 0.1) is 0 Å². The van der Waals surface area contributed by atoms with E-state index >= 15 is 0 Å². The second kappa shape index (κ2) is 6.52. The molecule has 0 N–H and O–H groups in total. The van der Waals surface area contributed by atoms with Gasteiger partial charge in [0.2, 0.25) is 0 Å². The van der Waals surface area contributed by atoms with Gasteiger partial charge in [-0.05, 0) is 19.1 Å². The van der Waals surface area contributed by atoms with Gasteiger partial charge in [-0.15, -0.1) is 10.2 Å². The molecular weight excluding hydrogens is 340 g/mol. The van der Waals surface area contributed by atoms with Gasteiger partial charge in [0.1, 0.15) is 6.33 Å². The Hall–Kier alpha value is -2.94. The normalized spacial score (nSPS) is 11.2. The van der Waals surface area contributed by atoms with Gasteiger partial charge < -0.3 is 4.74 Å². The Morgan fingerprint density at radius 2 is 2.04 bits per heavy atom. The largest absolute Gasteiger partial charge is 0.465 e. The number of rotatable bonds is 5. The Bertz CT molecular complexity index is 1040. The first-order valence-electron chi connectivity index (χ1n) is 7.69. The van der Waals surface area contributed by atoms with Gasteiger partial charge in [0, 0.05) is 0 Å². The number of hydrogen-bond acceptors (Lipinski definition) is 7. The Morgan fingerprint density at radius 3 is 2.84 bits per heavy atom. The van der Waals surface area contributed by atoms with Gasteiger partial charge in [-0.25, -0.2) is 9.67 Å². The molecule has 0 saturated heterocycles. The minimum Gasteiger partial charge on any atom is -0.465 e. The molecule has 4 aromatic rings. The summed E-state index contributed by atoms with van der Waals surface area (Å²) in [6, 6.07) is 9.77. The van der Waals surface area contributed by atoms with Gasteiger partial charge in [-0.1, -0.05) is 30.0 Å². The molecule has 0 amide bonds. The summed E-state index contributed by atoms with van der Waals surface area (Å²) in [5, 5.41) is 14.2. The number of carbonyl (C=O) groups excluding carboxylic acids is 1. The van der Waals surface area contributed by atoms with E-state index in [1.807, 2.05) is 30.3 Å². The quantitative estimate of drug-likeness (QED) is 0.401. The first-order chi connectivity index (χ1) is 12.3. The van der Waals surface area contributed by atoms with Crippen molar-refractivity contribution in [3.8, 4) is 5.69 Å². The van der Waals surface area contributed by atoms with Crippen LogP contribution in [-0.2, 0) is 9.53 Å². The molecule has 0 aliphatic rings. The van der Waals surface area contributed by atoms with E-state index in [-0.39, 0.29) is 11.7 Å². The van der Waals surface area contributed by atoms with E-state index in [9.17, 15) is 4.79 Å². The molecule has 8 nitrogen and oxygen atoms in total. The highest BCUT2D eigenvalue weighted by Gasteiger charge is 2.15. The maximum atomic E-state index is 11.5. The number of hydrogen-bond donors (Lipinski definition) is 0. The zero-order valence-corrected chi connectivity index (χ0v) is 14.2. The lowest BCUT2D eigenvalue weighted by atomic mass is 10.3. The van der Waals surface area contributed by atoms with Crippen LogP contribution in [0.3, 0.4) is 0 Å². The van der Waals surface area contributed by atoms with Crippen molar-refractivity contribution in [2.45, 2.75) is 12.1 Å². The summed E-state index contributed by atoms with van der Waals surface area (Å²) in [7, 11) is 0. The highest BCUT2D eigenvalue weighted by atomic mass is 32.2. The fourth-order valence-electron chi connectivity index (χ4n) is 2.48. The average Bonchev–Trinajstić information content (AvgIpc) is 3.24. The van der Waals surface area contributed by atoms with E-state index in [2.05, 4.69) is 20.3 Å². The van der Waals surface area contributed by atoms with Gasteiger partial charge in [0.15, 0.2) is 16.5 Å². The van der Waals surface area contributed by atoms with E-state index < -0.39 is 0 Å². The molecule has 0 spiro atoms. The number of carbonyl (C=O) groups is 1. The second-order valence-electron chi connectivity index (χ2n) is 5.14. The Kier molecular flexibility index (Phi) is 4.06. The molecule has 0 fully saturated rings. The molecule has 0 saturated carbocycles. The van der Waals surface area contributed by atoms with Gasteiger partial charge in [0.05, 0.1) is 29.6 Å². The molecule has 0 aliphatic heterocycles. The lowest BCUT2D eigenvalue weighted by molar-refractivity contribution is -0.139. The van der Waals surface area contributed by atoms with Crippen LogP contribution in [0.15, 0.2) is 48.0 Å². The molecule has 9 heteroatoms. The number of ether oxygens (including phenoxy) is 1. The summed E-state index contributed by atoms with van der Waals surface area (Å²) in [6.07, 6.45) is 3.37. The zero-order chi connectivity index (χ0) is 17.2. The van der Waals surface area contributed by atoms with Gasteiger partial charge >= 0.3 is 5.97 Å². The molecule has 0 bridgehead atoms. The minimum atomic E-state index is -0.282. The van der Waals surface area contributed by atoms with Crippen LogP contribution in [0.1, 0.15) is 6.92 Å². The summed E-state index contributed by atoms with van der Waals surface area (Å²) in [4.78, 5) is 16.0. The van der Waals surface area contributed by atoms with Crippen LogP contribution < -0.4 is 0 Å². The second-order valence-corrected chi connectivity index (χ2v) is 6.09. The van der Waals surface area contributed by atoms with Crippen LogP contribution in [0.5, 0.6) is 0 Å². The Labute approximate surface area is 146 Å². The summed E-state index contributed by atoms with van der Waals surface area (Å²) in [5.41, 5.74) is 2.28. The van der Waals surface area contributed by atoms with Crippen LogP contribution in [-0.4, -0.2) is 47.7 Å². The molecular formula is C16H14N6O2S. The number of thioether (sulfide) groups is 1. The smallest absolute Gasteiger partial charge is 0.316 e. The molecule has 3 heterocycles. The van der Waals surface area contributed by atoms with E-state index in [0.717, 1.165) is 11.1 Å². The third-order valence-electron chi connectivity index (χ3n) is 3.57. The maximum absolute atomic E-state index is 11.5. The summed E-state index contributed by atoms with van der Waals surface area (Å²) in [5.74, 6) is -0.106. The molecule has 0 aliphatic carbocycles. The lowest BCUT2D eigenvalue weighted by Gasteiger charge is -2.03. The van der Waals surface area contributed by atoms with Gasteiger partial charge in [0.25, 0.3) is 0 Å². The number of nitrogens with zero attached hydrogens (tertiary/aromatic N) is 6. The molecule has 126 valence electrons. The number of aromatic nitrogens is 6. The van der Waals surface area contributed by atoms with Crippen molar-refractivity contribution in [3.05, 3.63) is 42.9 Å². The fraction of sp³-hybridized carbons (Fsp3) is 0.188. The summed E-state index contributed by atoms with van der Waals surface area (Å²) < 4.78 is 8.44. The van der Waals surface area contributed by atoms with Crippen molar-refractivity contribution < 1.29 is 9.53 Å². The number of esters is 1. The molecule has 0 unspecified atom stereocenters.